The molecular formula is C20H18BrClN4O. The summed E-state index contributed by atoms with van der Waals surface area (Å²) >= 11 is 9.46. The zero-order valence-corrected chi connectivity index (χ0v) is 17.5. The van der Waals surface area contributed by atoms with Gasteiger partial charge in [-0.3, -0.25) is 4.79 Å². The van der Waals surface area contributed by atoms with Gasteiger partial charge in [0, 0.05) is 33.3 Å². The molecule has 1 amide bonds. The Morgan fingerprint density at radius 1 is 1.26 bits per heavy atom. The second-order valence-corrected chi connectivity index (χ2v) is 7.35. The number of nitrogens with one attached hydrogen (secondary N) is 1. The summed E-state index contributed by atoms with van der Waals surface area (Å²) in [5, 5.41) is 4.22. The topological polar surface area (TPSA) is 59.3 Å². The molecule has 2 aromatic heterocycles. The van der Waals surface area contributed by atoms with Crippen LogP contribution in [0.4, 0.5) is 0 Å². The van der Waals surface area contributed by atoms with Crippen LogP contribution in [0.3, 0.4) is 0 Å². The molecular weight excluding hydrogens is 428 g/mol. The molecule has 3 rings (SSSR count). The van der Waals surface area contributed by atoms with Gasteiger partial charge in [-0.05, 0) is 62.7 Å². The highest BCUT2D eigenvalue weighted by Crippen LogP contribution is 2.24. The number of halogens is 2. The third-order valence-corrected chi connectivity index (χ3v) is 5.43. The Morgan fingerprint density at radius 2 is 2.04 bits per heavy atom. The van der Waals surface area contributed by atoms with E-state index in [4.69, 9.17) is 11.6 Å². The normalized spacial score (nSPS) is 11.1. The van der Waals surface area contributed by atoms with Gasteiger partial charge in [-0.1, -0.05) is 27.5 Å². The summed E-state index contributed by atoms with van der Waals surface area (Å²) in [7, 11) is 0. The lowest BCUT2D eigenvalue weighted by Crippen LogP contribution is -2.18. The smallest absolute Gasteiger partial charge is 0.274 e. The van der Waals surface area contributed by atoms with Gasteiger partial charge in [0.1, 0.15) is 5.15 Å². The minimum Gasteiger partial charge on any atom is -0.318 e. The van der Waals surface area contributed by atoms with Crippen molar-refractivity contribution < 1.29 is 4.79 Å². The van der Waals surface area contributed by atoms with E-state index in [1.165, 1.54) is 6.20 Å². The molecule has 1 aromatic carbocycles. The third kappa shape index (κ3) is 4.12. The van der Waals surface area contributed by atoms with Gasteiger partial charge < -0.3 is 4.57 Å². The van der Waals surface area contributed by atoms with Crippen molar-refractivity contribution in [2.45, 2.75) is 20.8 Å². The summed E-state index contributed by atoms with van der Waals surface area (Å²) in [5.74, 6) is -0.401. The fourth-order valence-corrected chi connectivity index (χ4v) is 3.31. The number of carbonyl (C=O) groups excluding carboxylic acids is 1. The average molecular weight is 446 g/mol. The molecule has 0 radical (unpaired) electrons. The van der Waals surface area contributed by atoms with Gasteiger partial charge in [0.05, 0.1) is 11.8 Å². The maximum atomic E-state index is 12.1. The van der Waals surface area contributed by atoms with Gasteiger partial charge in [0.25, 0.3) is 5.91 Å². The van der Waals surface area contributed by atoms with Crippen LogP contribution in [0.5, 0.6) is 0 Å². The van der Waals surface area contributed by atoms with Gasteiger partial charge in [-0.25, -0.2) is 10.4 Å². The van der Waals surface area contributed by atoms with Crippen LogP contribution in [0.1, 0.15) is 32.9 Å². The SMILES string of the molecule is Cc1cc(-n2c(C)cc(C=NNC(=O)c3cccnc3Cl)c2C)ccc1Br. The van der Waals surface area contributed by atoms with Gasteiger partial charge >= 0.3 is 0 Å². The molecule has 0 spiro atoms. The van der Waals surface area contributed by atoms with Crippen LogP contribution < -0.4 is 5.43 Å². The first-order valence-corrected chi connectivity index (χ1v) is 9.45. The Hall–Kier alpha value is -2.44. The number of aryl methyl sites for hydroxylation is 2. The molecule has 2 heterocycles. The molecule has 0 unspecified atom stereocenters. The van der Waals surface area contributed by atoms with E-state index >= 15 is 0 Å². The molecule has 7 heteroatoms. The zero-order valence-electron chi connectivity index (χ0n) is 15.1. The minimum absolute atomic E-state index is 0.147. The number of hydrogen-bond donors (Lipinski definition) is 1. The van der Waals surface area contributed by atoms with Crippen molar-refractivity contribution in [3.8, 4) is 5.69 Å². The first kappa shape index (κ1) is 19.3. The predicted molar refractivity (Wildman–Crippen MR) is 112 cm³/mol. The number of aromatic nitrogens is 2. The predicted octanol–water partition coefficient (Wildman–Crippen LogP) is 4.98. The number of hydrogen-bond acceptors (Lipinski definition) is 3. The van der Waals surface area contributed by atoms with E-state index in [2.05, 4.69) is 55.1 Å². The number of amides is 1. The van der Waals surface area contributed by atoms with Crippen LogP contribution >= 0.6 is 27.5 Å². The maximum Gasteiger partial charge on any atom is 0.274 e. The Kier molecular flexibility index (Phi) is 5.77. The van der Waals surface area contributed by atoms with E-state index in [0.29, 0.717) is 0 Å². The van der Waals surface area contributed by atoms with Gasteiger partial charge in [0.2, 0.25) is 0 Å². The first-order chi connectivity index (χ1) is 12.9. The van der Waals surface area contributed by atoms with E-state index in [-0.39, 0.29) is 10.7 Å². The highest BCUT2D eigenvalue weighted by atomic mass is 79.9. The lowest BCUT2D eigenvalue weighted by atomic mass is 10.2. The summed E-state index contributed by atoms with van der Waals surface area (Å²) in [6.07, 6.45) is 3.16. The highest BCUT2D eigenvalue weighted by Gasteiger charge is 2.12. The largest absolute Gasteiger partial charge is 0.318 e. The molecule has 27 heavy (non-hydrogen) atoms. The molecule has 1 N–H and O–H groups in total. The third-order valence-electron chi connectivity index (χ3n) is 4.24. The van der Waals surface area contributed by atoms with Crippen LogP contribution in [-0.4, -0.2) is 21.7 Å². The second kappa shape index (κ2) is 8.06. The minimum atomic E-state index is -0.401. The first-order valence-electron chi connectivity index (χ1n) is 8.28. The lowest BCUT2D eigenvalue weighted by Gasteiger charge is -2.11. The van der Waals surface area contributed by atoms with Crippen molar-refractivity contribution in [1.82, 2.24) is 15.0 Å². The van der Waals surface area contributed by atoms with E-state index < -0.39 is 5.91 Å². The summed E-state index contributed by atoms with van der Waals surface area (Å²) in [5.41, 5.74) is 8.06. The molecule has 5 nitrogen and oxygen atoms in total. The van der Waals surface area contributed by atoms with Gasteiger partial charge in [0.15, 0.2) is 0 Å². The number of pyridine rings is 1. The fourth-order valence-electron chi connectivity index (χ4n) is 2.86. The van der Waals surface area contributed by atoms with E-state index in [9.17, 15) is 4.79 Å². The van der Waals surface area contributed by atoms with Crippen LogP contribution in [0.25, 0.3) is 5.69 Å². The summed E-state index contributed by atoms with van der Waals surface area (Å²) in [6, 6.07) is 11.5. The Balaban J connectivity index is 1.82. The monoisotopic (exact) mass is 444 g/mol. The molecule has 0 aliphatic carbocycles. The average Bonchev–Trinajstić information content (AvgIpc) is 2.91. The van der Waals surface area contributed by atoms with Crippen molar-refractivity contribution in [3.05, 3.63) is 80.3 Å². The summed E-state index contributed by atoms with van der Waals surface area (Å²) < 4.78 is 3.23. The Bertz CT molecular complexity index is 1040. The quantitative estimate of drug-likeness (QED) is 0.350. The second-order valence-electron chi connectivity index (χ2n) is 6.14. The van der Waals surface area contributed by atoms with Gasteiger partial charge in [-0.2, -0.15) is 5.10 Å². The summed E-state index contributed by atoms with van der Waals surface area (Å²) in [6.45, 7) is 6.12. The molecule has 3 aromatic rings. The van der Waals surface area contributed by atoms with Crippen molar-refractivity contribution in [2.75, 3.05) is 0 Å². The zero-order chi connectivity index (χ0) is 19.6. The van der Waals surface area contributed by atoms with Crippen molar-refractivity contribution in [1.29, 1.82) is 0 Å². The van der Waals surface area contributed by atoms with Crippen LogP contribution in [0, 0.1) is 20.8 Å². The summed E-state index contributed by atoms with van der Waals surface area (Å²) in [4.78, 5) is 16.0. The van der Waals surface area contributed by atoms with Gasteiger partial charge in [-0.15, -0.1) is 0 Å². The number of nitrogens with zero attached hydrogens (tertiary/aromatic N) is 3. The van der Waals surface area contributed by atoms with Crippen LogP contribution in [0.2, 0.25) is 5.15 Å². The maximum absolute atomic E-state index is 12.1. The molecule has 0 saturated heterocycles. The molecule has 0 aliphatic rings. The number of benzene rings is 1. The number of carbonyl (C=O) groups is 1. The van der Waals surface area contributed by atoms with E-state index in [0.717, 1.165) is 32.7 Å². The highest BCUT2D eigenvalue weighted by molar-refractivity contribution is 9.10. The molecule has 0 saturated carbocycles. The molecule has 0 atom stereocenters. The molecule has 0 fully saturated rings. The van der Waals surface area contributed by atoms with E-state index in [1.54, 1.807) is 18.3 Å². The Labute approximate surface area is 171 Å². The lowest BCUT2D eigenvalue weighted by molar-refractivity contribution is 0.0955. The van der Waals surface area contributed by atoms with Crippen LogP contribution in [0.15, 0.2) is 52.2 Å². The van der Waals surface area contributed by atoms with Crippen LogP contribution in [-0.2, 0) is 0 Å². The number of rotatable bonds is 4. The molecule has 138 valence electrons. The standard InChI is InChI=1S/C20H18BrClN4O/c1-12-9-16(6-7-18(12)21)26-13(2)10-15(14(26)3)11-24-25-20(27)17-5-4-8-23-19(17)22/h4-11H,1-3H3,(H,25,27). The Morgan fingerprint density at radius 3 is 2.74 bits per heavy atom. The number of hydrazone groups is 1. The van der Waals surface area contributed by atoms with Crippen molar-refractivity contribution >= 4 is 39.7 Å². The van der Waals surface area contributed by atoms with Crippen molar-refractivity contribution in [2.24, 2.45) is 5.10 Å². The molecule has 0 aliphatic heterocycles. The molecule has 0 bridgehead atoms. The van der Waals surface area contributed by atoms with Crippen molar-refractivity contribution in [3.63, 3.8) is 0 Å². The van der Waals surface area contributed by atoms with E-state index in [1.807, 2.05) is 26.0 Å². The fraction of sp³-hybridized carbons (Fsp3) is 0.150.